The van der Waals surface area contributed by atoms with Gasteiger partial charge in [0.1, 0.15) is 6.04 Å². The first kappa shape index (κ1) is 18.5. The number of anilines is 1. The van der Waals surface area contributed by atoms with Crippen molar-refractivity contribution in [2.75, 3.05) is 18.0 Å². The SMILES string of the molecule is Cc1cc(Cl)ccc1N1CCN(C(=O)CCc2ccccc2)C(C)C1=O. The summed E-state index contributed by atoms with van der Waals surface area (Å²) in [5.41, 5.74) is 2.96. The first-order valence-electron chi connectivity index (χ1n) is 8.88. The predicted octanol–water partition coefficient (Wildman–Crippen LogP) is 3.84. The average Bonchev–Trinajstić information content (AvgIpc) is 2.63. The maximum absolute atomic E-state index is 12.9. The summed E-state index contributed by atoms with van der Waals surface area (Å²) < 4.78 is 0. The normalized spacial score (nSPS) is 17.5. The third kappa shape index (κ3) is 3.91. The van der Waals surface area contributed by atoms with E-state index in [0.29, 0.717) is 31.0 Å². The van der Waals surface area contributed by atoms with Gasteiger partial charge in [-0.15, -0.1) is 0 Å². The van der Waals surface area contributed by atoms with E-state index < -0.39 is 6.04 Å². The van der Waals surface area contributed by atoms with Crippen LogP contribution in [0.3, 0.4) is 0 Å². The summed E-state index contributed by atoms with van der Waals surface area (Å²) in [5, 5.41) is 0.654. The third-order valence-electron chi connectivity index (χ3n) is 4.90. The first-order chi connectivity index (χ1) is 12.5. The van der Waals surface area contributed by atoms with Crippen LogP contribution in [0.15, 0.2) is 48.5 Å². The van der Waals surface area contributed by atoms with E-state index >= 15 is 0 Å². The summed E-state index contributed by atoms with van der Waals surface area (Å²) in [7, 11) is 0. The van der Waals surface area contributed by atoms with Gasteiger partial charge in [-0.05, 0) is 49.6 Å². The summed E-state index contributed by atoms with van der Waals surface area (Å²) >= 11 is 6.01. The lowest BCUT2D eigenvalue weighted by Crippen LogP contribution is -2.58. The van der Waals surface area contributed by atoms with Crippen LogP contribution < -0.4 is 4.90 Å². The Bertz CT molecular complexity index is 807. The molecule has 3 rings (SSSR count). The van der Waals surface area contributed by atoms with Crippen LogP contribution in [-0.4, -0.2) is 35.8 Å². The van der Waals surface area contributed by atoms with E-state index in [-0.39, 0.29) is 11.8 Å². The number of piperazine rings is 1. The highest BCUT2D eigenvalue weighted by Crippen LogP contribution is 2.27. The molecule has 0 spiro atoms. The molecule has 1 aliphatic heterocycles. The van der Waals surface area contributed by atoms with E-state index in [1.54, 1.807) is 22.8 Å². The summed E-state index contributed by atoms with van der Waals surface area (Å²) in [5.74, 6) is -0.0167. The van der Waals surface area contributed by atoms with E-state index in [4.69, 9.17) is 11.6 Å². The molecule has 0 aliphatic carbocycles. The van der Waals surface area contributed by atoms with Crippen LogP contribution >= 0.6 is 11.6 Å². The number of aryl methyl sites for hydroxylation is 2. The van der Waals surface area contributed by atoms with E-state index in [1.165, 1.54) is 0 Å². The topological polar surface area (TPSA) is 40.6 Å². The van der Waals surface area contributed by atoms with Gasteiger partial charge in [-0.25, -0.2) is 0 Å². The highest BCUT2D eigenvalue weighted by Gasteiger charge is 2.35. The van der Waals surface area contributed by atoms with Gasteiger partial charge in [0.05, 0.1) is 0 Å². The largest absolute Gasteiger partial charge is 0.329 e. The fraction of sp³-hybridized carbons (Fsp3) is 0.333. The number of amides is 2. The molecule has 0 N–H and O–H groups in total. The van der Waals surface area contributed by atoms with Gasteiger partial charge in [0.2, 0.25) is 11.8 Å². The number of hydrogen-bond donors (Lipinski definition) is 0. The Morgan fingerprint density at radius 3 is 2.58 bits per heavy atom. The Kier molecular flexibility index (Phi) is 5.62. The van der Waals surface area contributed by atoms with Gasteiger partial charge in [-0.2, -0.15) is 0 Å². The molecule has 2 amide bonds. The number of carbonyl (C=O) groups is 2. The number of carbonyl (C=O) groups excluding carboxylic acids is 2. The monoisotopic (exact) mass is 370 g/mol. The van der Waals surface area contributed by atoms with Crippen LogP contribution in [0, 0.1) is 6.92 Å². The van der Waals surface area contributed by atoms with Crippen molar-refractivity contribution in [3.8, 4) is 0 Å². The Balaban J connectivity index is 1.66. The first-order valence-corrected chi connectivity index (χ1v) is 9.26. The van der Waals surface area contributed by atoms with Crippen LogP contribution in [0.4, 0.5) is 5.69 Å². The number of rotatable bonds is 4. The molecule has 5 heteroatoms. The van der Waals surface area contributed by atoms with Crippen LogP contribution in [0.5, 0.6) is 0 Å². The van der Waals surface area contributed by atoms with E-state index in [1.807, 2.05) is 49.4 Å². The Morgan fingerprint density at radius 1 is 1.15 bits per heavy atom. The fourth-order valence-corrected chi connectivity index (χ4v) is 3.64. The zero-order chi connectivity index (χ0) is 18.7. The molecule has 26 heavy (non-hydrogen) atoms. The maximum atomic E-state index is 12.9. The quantitative estimate of drug-likeness (QED) is 0.820. The molecule has 1 fully saturated rings. The highest BCUT2D eigenvalue weighted by atomic mass is 35.5. The average molecular weight is 371 g/mol. The summed E-state index contributed by atoms with van der Waals surface area (Å²) in [4.78, 5) is 28.9. The Hall–Kier alpha value is -2.33. The minimum absolute atomic E-state index is 0.0298. The van der Waals surface area contributed by atoms with Crippen molar-refractivity contribution in [3.63, 3.8) is 0 Å². The van der Waals surface area contributed by atoms with Crippen LogP contribution in [0.25, 0.3) is 0 Å². The molecule has 1 saturated heterocycles. The van der Waals surface area contributed by atoms with Crippen molar-refractivity contribution >= 4 is 29.1 Å². The van der Waals surface area contributed by atoms with Gasteiger partial charge in [-0.1, -0.05) is 41.9 Å². The van der Waals surface area contributed by atoms with Gasteiger partial charge in [0.25, 0.3) is 0 Å². The standard InChI is InChI=1S/C21H23ClN2O2/c1-15-14-18(22)9-10-19(15)24-13-12-23(16(2)21(24)26)20(25)11-8-17-6-4-3-5-7-17/h3-7,9-10,14,16H,8,11-13H2,1-2H3. The minimum Gasteiger partial charge on any atom is -0.329 e. The fourth-order valence-electron chi connectivity index (χ4n) is 3.41. The molecular formula is C21H23ClN2O2. The molecule has 1 heterocycles. The number of benzene rings is 2. The molecule has 0 bridgehead atoms. The lowest BCUT2D eigenvalue weighted by molar-refractivity contribution is -0.140. The van der Waals surface area contributed by atoms with Crippen molar-refractivity contribution in [2.45, 2.75) is 32.7 Å². The van der Waals surface area contributed by atoms with Crippen LogP contribution in [0.2, 0.25) is 5.02 Å². The van der Waals surface area contributed by atoms with Gasteiger partial charge in [0, 0.05) is 30.2 Å². The number of hydrogen-bond acceptors (Lipinski definition) is 2. The zero-order valence-electron chi connectivity index (χ0n) is 15.1. The van der Waals surface area contributed by atoms with Crippen molar-refractivity contribution in [1.29, 1.82) is 0 Å². The molecule has 2 aromatic rings. The molecule has 1 atom stereocenters. The van der Waals surface area contributed by atoms with Gasteiger partial charge in [-0.3, -0.25) is 9.59 Å². The Morgan fingerprint density at radius 2 is 1.88 bits per heavy atom. The summed E-state index contributed by atoms with van der Waals surface area (Å²) in [6, 6.07) is 15.0. The third-order valence-corrected chi connectivity index (χ3v) is 5.13. The molecule has 0 saturated carbocycles. The predicted molar refractivity (Wildman–Crippen MR) is 104 cm³/mol. The van der Waals surface area contributed by atoms with Crippen molar-refractivity contribution in [3.05, 3.63) is 64.7 Å². The zero-order valence-corrected chi connectivity index (χ0v) is 15.9. The number of nitrogens with zero attached hydrogens (tertiary/aromatic N) is 2. The molecule has 1 aliphatic rings. The van der Waals surface area contributed by atoms with Crippen LogP contribution in [0.1, 0.15) is 24.5 Å². The lowest BCUT2D eigenvalue weighted by atomic mass is 10.1. The molecule has 2 aromatic carbocycles. The highest BCUT2D eigenvalue weighted by molar-refractivity contribution is 6.30. The smallest absolute Gasteiger partial charge is 0.249 e. The van der Waals surface area contributed by atoms with E-state index in [9.17, 15) is 9.59 Å². The second-order valence-corrected chi connectivity index (χ2v) is 7.11. The van der Waals surface area contributed by atoms with E-state index in [2.05, 4.69) is 0 Å². The molecule has 0 radical (unpaired) electrons. The van der Waals surface area contributed by atoms with Gasteiger partial charge in [0.15, 0.2) is 0 Å². The Labute approximate surface area is 159 Å². The van der Waals surface area contributed by atoms with Gasteiger partial charge < -0.3 is 9.80 Å². The van der Waals surface area contributed by atoms with E-state index in [0.717, 1.165) is 16.8 Å². The van der Waals surface area contributed by atoms with Crippen molar-refractivity contribution in [2.24, 2.45) is 0 Å². The maximum Gasteiger partial charge on any atom is 0.249 e. The van der Waals surface area contributed by atoms with Crippen LogP contribution in [-0.2, 0) is 16.0 Å². The molecule has 0 aromatic heterocycles. The molecule has 4 nitrogen and oxygen atoms in total. The van der Waals surface area contributed by atoms with Crippen molar-refractivity contribution < 1.29 is 9.59 Å². The molecule has 136 valence electrons. The molecule has 1 unspecified atom stereocenters. The lowest BCUT2D eigenvalue weighted by Gasteiger charge is -2.39. The number of halogens is 1. The van der Waals surface area contributed by atoms with Gasteiger partial charge >= 0.3 is 0 Å². The molecular weight excluding hydrogens is 348 g/mol. The second kappa shape index (κ2) is 7.92. The second-order valence-electron chi connectivity index (χ2n) is 6.67. The van der Waals surface area contributed by atoms with Crippen molar-refractivity contribution in [1.82, 2.24) is 4.90 Å². The minimum atomic E-state index is -0.456. The summed E-state index contributed by atoms with van der Waals surface area (Å²) in [6.07, 6.45) is 1.11. The summed E-state index contributed by atoms with van der Waals surface area (Å²) in [6.45, 7) is 4.79.